The van der Waals surface area contributed by atoms with Crippen LogP contribution in [-0.4, -0.2) is 33.3 Å². The van der Waals surface area contributed by atoms with Crippen LogP contribution in [-0.2, 0) is 19.6 Å². The van der Waals surface area contributed by atoms with E-state index >= 15 is 0 Å². The fraction of sp³-hybridized carbons (Fsp3) is 0.154. The van der Waals surface area contributed by atoms with Crippen molar-refractivity contribution in [3.8, 4) is 0 Å². The Morgan fingerprint density at radius 2 is 1.59 bits per heavy atom. The number of para-hydroxylation sites is 1. The van der Waals surface area contributed by atoms with E-state index in [1.807, 2.05) is 6.92 Å². The Kier molecular flexibility index (Phi) is 6.61. The van der Waals surface area contributed by atoms with Gasteiger partial charge in [0.1, 0.15) is 5.82 Å². The Morgan fingerprint density at radius 3 is 2.29 bits per heavy atom. The number of hydrogen-bond donors (Lipinski definition) is 0. The highest BCUT2D eigenvalue weighted by molar-refractivity contribution is 7.92. The van der Waals surface area contributed by atoms with Gasteiger partial charge in [-0.05, 0) is 54.5 Å². The summed E-state index contributed by atoms with van der Waals surface area (Å²) in [5.74, 6) is -2.40. The number of hydrogen-bond acceptors (Lipinski definition) is 5. The number of rotatable bonds is 3. The Labute approximate surface area is 197 Å². The van der Waals surface area contributed by atoms with Crippen LogP contribution in [0.25, 0.3) is 5.57 Å². The molecule has 174 valence electrons. The highest BCUT2D eigenvalue weighted by Crippen LogP contribution is 2.30. The zero-order chi connectivity index (χ0) is 24.3. The van der Waals surface area contributed by atoms with Gasteiger partial charge in [-0.3, -0.25) is 9.10 Å². The molecule has 0 atom stereocenters. The molecule has 1 heterocycles. The summed E-state index contributed by atoms with van der Waals surface area (Å²) in [6.45, 7) is 1.66. The Morgan fingerprint density at radius 1 is 0.912 bits per heavy atom. The molecule has 0 N–H and O–H groups in total. The molecule has 0 fully saturated rings. The zero-order valence-corrected chi connectivity index (χ0v) is 19.2. The molecule has 0 aromatic heterocycles. The van der Waals surface area contributed by atoms with Crippen LogP contribution in [0.5, 0.6) is 0 Å². The van der Waals surface area contributed by atoms with Crippen LogP contribution in [0.3, 0.4) is 0 Å². The lowest BCUT2D eigenvalue weighted by atomic mass is 10.0. The van der Waals surface area contributed by atoms with E-state index in [9.17, 15) is 22.4 Å². The monoisotopic (exact) mass is 479 g/mol. The summed E-state index contributed by atoms with van der Waals surface area (Å²) >= 11 is 0. The molecule has 0 aliphatic carbocycles. The predicted molar refractivity (Wildman–Crippen MR) is 126 cm³/mol. The van der Waals surface area contributed by atoms with Crippen LogP contribution in [0.1, 0.15) is 27.9 Å². The maximum absolute atomic E-state index is 13.7. The second-order valence-corrected chi connectivity index (χ2v) is 9.68. The number of Topliss-reactive ketones (excluding diaryl/α,β-unsaturated/α-hetero) is 1. The van der Waals surface area contributed by atoms with Crippen molar-refractivity contribution in [2.24, 2.45) is 0 Å². The molecule has 3 aromatic carbocycles. The molecule has 8 heteroatoms. The summed E-state index contributed by atoms with van der Waals surface area (Å²) < 4.78 is 47.1. The van der Waals surface area contributed by atoms with Gasteiger partial charge in [-0.15, -0.1) is 0 Å². The number of carbonyl (C=O) groups excluding carboxylic acids is 2. The number of aryl methyl sites for hydroxylation is 1. The number of anilines is 1. The topological polar surface area (TPSA) is 80.8 Å². The summed E-state index contributed by atoms with van der Waals surface area (Å²) in [4.78, 5) is 25.4. The lowest BCUT2D eigenvalue weighted by Gasteiger charge is -2.25. The molecule has 0 radical (unpaired) electrons. The van der Waals surface area contributed by atoms with E-state index in [0.717, 1.165) is 9.87 Å². The maximum atomic E-state index is 13.7. The molecule has 4 rings (SSSR count). The van der Waals surface area contributed by atoms with Crippen LogP contribution in [0, 0.1) is 12.7 Å². The van der Waals surface area contributed by atoms with Crippen LogP contribution < -0.4 is 4.31 Å². The van der Waals surface area contributed by atoms with Crippen LogP contribution >= 0.6 is 0 Å². The quantitative estimate of drug-likeness (QED) is 0.407. The van der Waals surface area contributed by atoms with Gasteiger partial charge < -0.3 is 4.74 Å². The first-order chi connectivity index (χ1) is 16.3. The maximum Gasteiger partial charge on any atom is 0.379 e. The largest absolute Gasteiger partial charge is 0.459 e. The molecule has 0 unspecified atom stereocenters. The van der Waals surface area contributed by atoms with E-state index in [1.165, 1.54) is 36.4 Å². The minimum atomic E-state index is -4.10. The molecule has 34 heavy (non-hydrogen) atoms. The van der Waals surface area contributed by atoms with Gasteiger partial charge in [-0.25, -0.2) is 17.6 Å². The van der Waals surface area contributed by atoms with E-state index in [2.05, 4.69) is 0 Å². The number of ketones is 1. The molecular formula is C26H22FNO5S. The molecule has 0 bridgehead atoms. The van der Waals surface area contributed by atoms with Gasteiger partial charge in [0.2, 0.25) is 0 Å². The number of fused-ring (bicyclic) bond motifs is 1. The Hall–Kier alpha value is -3.78. The van der Waals surface area contributed by atoms with Crippen molar-refractivity contribution >= 4 is 33.0 Å². The van der Waals surface area contributed by atoms with E-state index < -0.39 is 27.6 Å². The van der Waals surface area contributed by atoms with Crippen molar-refractivity contribution in [3.63, 3.8) is 0 Å². The predicted octanol–water partition coefficient (Wildman–Crippen LogP) is 4.54. The van der Waals surface area contributed by atoms with E-state index in [0.29, 0.717) is 11.1 Å². The number of sulfonamides is 1. The standard InChI is InChI=1S/C26H22FNO5S/c1-18-6-12-22(13-7-18)34(31,32)28-16-14-20(19-8-10-21(27)11-9-19)15-17-33-26(30)25(29)23-4-2-3-5-24(23)28/h2-14H,15-17H2,1H3/b20-14+. The number of esters is 1. The number of ether oxygens (including phenoxy) is 1. The summed E-state index contributed by atoms with van der Waals surface area (Å²) in [6.07, 6.45) is 1.92. The third kappa shape index (κ3) is 4.77. The Balaban J connectivity index is 1.88. The summed E-state index contributed by atoms with van der Waals surface area (Å²) in [6, 6.07) is 18.1. The van der Waals surface area contributed by atoms with Gasteiger partial charge in [0.25, 0.3) is 15.8 Å². The van der Waals surface area contributed by atoms with Crippen molar-refractivity contribution in [2.75, 3.05) is 17.5 Å². The van der Waals surface area contributed by atoms with E-state index in [1.54, 1.807) is 42.5 Å². The normalized spacial score (nSPS) is 16.6. The van der Waals surface area contributed by atoms with Crippen molar-refractivity contribution in [2.45, 2.75) is 18.2 Å². The highest BCUT2D eigenvalue weighted by Gasteiger charge is 2.30. The van der Waals surface area contributed by atoms with Crippen LogP contribution in [0.4, 0.5) is 10.1 Å². The number of halogens is 1. The first kappa shape index (κ1) is 23.4. The van der Waals surface area contributed by atoms with Gasteiger partial charge in [0, 0.05) is 6.42 Å². The molecular weight excluding hydrogens is 457 g/mol. The minimum absolute atomic E-state index is 0.0505. The molecule has 0 amide bonds. The molecule has 0 saturated heterocycles. The second kappa shape index (κ2) is 9.61. The number of carbonyl (C=O) groups is 2. The molecule has 1 aliphatic heterocycles. The van der Waals surface area contributed by atoms with Crippen LogP contribution in [0.15, 0.2) is 83.8 Å². The van der Waals surface area contributed by atoms with Crippen molar-refractivity contribution in [1.29, 1.82) is 0 Å². The first-order valence-electron chi connectivity index (χ1n) is 10.6. The van der Waals surface area contributed by atoms with E-state index in [-0.39, 0.29) is 35.7 Å². The molecule has 1 aliphatic rings. The Bertz CT molecular complexity index is 1360. The second-order valence-electron chi connectivity index (χ2n) is 7.82. The highest BCUT2D eigenvalue weighted by atomic mass is 32.2. The first-order valence-corrected chi connectivity index (χ1v) is 12.1. The third-order valence-corrected chi connectivity index (χ3v) is 7.33. The van der Waals surface area contributed by atoms with Crippen LogP contribution in [0.2, 0.25) is 0 Å². The molecule has 0 spiro atoms. The summed E-state index contributed by atoms with van der Waals surface area (Å²) in [7, 11) is -4.10. The number of benzene rings is 3. The minimum Gasteiger partial charge on any atom is -0.459 e. The van der Waals surface area contributed by atoms with Crippen molar-refractivity contribution in [3.05, 3.63) is 101 Å². The smallest absolute Gasteiger partial charge is 0.379 e. The average molecular weight is 480 g/mol. The lowest BCUT2D eigenvalue weighted by Crippen LogP contribution is -2.33. The van der Waals surface area contributed by atoms with Gasteiger partial charge in [-0.1, -0.05) is 48.0 Å². The fourth-order valence-electron chi connectivity index (χ4n) is 3.70. The number of cyclic esters (lactones) is 1. The third-order valence-electron chi connectivity index (χ3n) is 5.53. The number of nitrogens with zero attached hydrogens (tertiary/aromatic N) is 1. The summed E-state index contributed by atoms with van der Waals surface area (Å²) in [5.41, 5.74) is 2.21. The van der Waals surface area contributed by atoms with Gasteiger partial charge in [0.05, 0.1) is 29.3 Å². The van der Waals surface area contributed by atoms with Gasteiger partial charge in [0.15, 0.2) is 0 Å². The van der Waals surface area contributed by atoms with Gasteiger partial charge in [-0.2, -0.15) is 0 Å². The fourth-order valence-corrected chi connectivity index (χ4v) is 5.12. The molecule has 6 nitrogen and oxygen atoms in total. The summed E-state index contributed by atoms with van der Waals surface area (Å²) in [5, 5.41) is 0. The average Bonchev–Trinajstić information content (AvgIpc) is 2.85. The molecule has 3 aromatic rings. The zero-order valence-electron chi connectivity index (χ0n) is 18.4. The molecule has 0 saturated carbocycles. The van der Waals surface area contributed by atoms with E-state index in [4.69, 9.17) is 4.74 Å². The van der Waals surface area contributed by atoms with Crippen molar-refractivity contribution in [1.82, 2.24) is 0 Å². The lowest BCUT2D eigenvalue weighted by molar-refractivity contribution is -0.137. The SMILES string of the molecule is Cc1ccc(S(=O)(=O)N2C/C=C(/c3ccc(F)cc3)CCOC(=O)C(=O)c3ccccc32)cc1. The van der Waals surface area contributed by atoms with Crippen molar-refractivity contribution < 1.29 is 27.1 Å². The van der Waals surface area contributed by atoms with Gasteiger partial charge >= 0.3 is 5.97 Å².